The molecule has 1 saturated heterocycles. The van der Waals surface area contributed by atoms with E-state index in [0.717, 1.165) is 12.1 Å². The van der Waals surface area contributed by atoms with Gasteiger partial charge in [-0.15, -0.1) is 0 Å². The van der Waals surface area contributed by atoms with E-state index in [0.29, 0.717) is 13.1 Å². The second-order valence-corrected chi connectivity index (χ2v) is 6.47. The summed E-state index contributed by atoms with van der Waals surface area (Å²) in [7, 11) is -3.64. The van der Waals surface area contributed by atoms with E-state index in [2.05, 4.69) is 0 Å². The summed E-state index contributed by atoms with van der Waals surface area (Å²) in [5.74, 6) is -1.42. The highest BCUT2D eigenvalue weighted by atomic mass is 32.2. The SMILES string of the molecule is O=C(O)CN1CCN(S(=O)(=O)c2ccc(F)cc2)CC1. The van der Waals surface area contributed by atoms with Crippen molar-refractivity contribution in [1.29, 1.82) is 0 Å². The quantitative estimate of drug-likeness (QED) is 0.860. The molecular formula is C12H15FN2O4S. The van der Waals surface area contributed by atoms with Crippen LogP contribution >= 0.6 is 0 Å². The molecule has 0 atom stereocenters. The fourth-order valence-electron chi connectivity index (χ4n) is 2.07. The molecule has 1 aliphatic heterocycles. The summed E-state index contributed by atoms with van der Waals surface area (Å²) in [4.78, 5) is 12.3. The Morgan fingerprint density at radius 1 is 1.15 bits per heavy atom. The number of carbonyl (C=O) groups is 1. The van der Waals surface area contributed by atoms with Crippen LogP contribution in [0.25, 0.3) is 0 Å². The van der Waals surface area contributed by atoms with E-state index in [1.165, 1.54) is 16.4 Å². The first-order valence-corrected chi connectivity index (χ1v) is 7.53. The summed E-state index contributed by atoms with van der Waals surface area (Å²) in [6.45, 7) is 1.10. The standard InChI is InChI=1S/C12H15FN2O4S/c13-10-1-3-11(4-2-10)20(18,19)15-7-5-14(6-8-15)9-12(16)17/h1-4H,5-9H2,(H,16,17). The molecule has 110 valence electrons. The minimum absolute atomic E-state index is 0.0468. The van der Waals surface area contributed by atoms with Crippen LogP contribution in [0, 0.1) is 5.82 Å². The lowest BCUT2D eigenvalue weighted by atomic mass is 10.3. The van der Waals surface area contributed by atoms with Crippen LogP contribution in [0.5, 0.6) is 0 Å². The van der Waals surface area contributed by atoms with Crippen LogP contribution in [-0.4, -0.2) is 61.4 Å². The van der Waals surface area contributed by atoms with Crippen molar-refractivity contribution in [3.05, 3.63) is 30.1 Å². The van der Waals surface area contributed by atoms with Crippen molar-refractivity contribution < 1.29 is 22.7 Å². The fraction of sp³-hybridized carbons (Fsp3) is 0.417. The highest BCUT2D eigenvalue weighted by Crippen LogP contribution is 2.17. The largest absolute Gasteiger partial charge is 0.480 e. The van der Waals surface area contributed by atoms with Gasteiger partial charge in [0.15, 0.2) is 0 Å². The van der Waals surface area contributed by atoms with Crippen LogP contribution in [0.2, 0.25) is 0 Å². The lowest BCUT2D eigenvalue weighted by Gasteiger charge is -2.32. The Hall–Kier alpha value is -1.51. The Balaban J connectivity index is 2.05. The van der Waals surface area contributed by atoms with Gasteiger partial charge in [-0.2, -0.15) is 4.31 Å². The molecule has 0 unspecified atom stereocenters. The smallest absolute Gasteiger partial charge is 0.317 e. The molecule has 20 heavy (non-hydrogen) atoms. The maximum atomic E-state index is 12.8. The predicted molar refractivity (Wildman–Crippen MR) is 69.2 cm³/mol. The first-order valence-electron chi connectivity index (χ1n) is 6.09. The minimum atomic E-state index is -3.64. The van der Waals surface area contributed by atoms with Gasteiger partial charge < -0.3 is 5.11 Å². The van der Waals surface area contributed by atoms with E-state index >= 15 is 0 Å². The zero-order chi connectivity index (χ0) is 14.8. The Morgan fingerprint density at radius 3 is 2.20 bits per heavy atom. The molecule has 0 aromatic heterocycles. The zero-order valence-corrected chi connectivity index (χ0v) is 11.5. The third-order valence-electron chi connectivity index (χ3n) is 3.14. The summed E-state index contributed by atoms with van der Waals surface area (Å²) < 4.78 is 38.7. The normalized spacial score (nSPS) is 18.1. The number of nitrogens with zero attached hydrogens (tertiary/aromatic N) is 2. The highest BCUT2D eigenvalue weighted by molar-refractivity contribution is 7.89. The van der Waals surface area contributed by atoms with E-state index in [4.69, 9.17) is 5.11 Å². The van der Waals surface area contributed by atoms with Crippen molar-refractivity contribution in [3.8, 4) is 0 Å². The summed E-state index contributed by atoms with van der Waals surface area (Å²) in [6, 6.07) is 4.67. The average Bonchev–Trinajstić information content (AvgIpc) is 2.39. The molecule has 1 fully saturated rings. The van der Waals surface area contributed by atoms with E-state index < -0.39 is 21.8 Å². The number of hydrogen-bond donors (Lipinski definition) is 1. The number of sulfonamides is 1. The highest BCUT2D eigenvalue weighted by Gasteiger charge is 2.28. The number of carboxylic acid groups (broad SMARTS) is 1. The van der Waals surface area contributed by atoms with E-state index in [1.807, 2.05) is 0 Å². The molecule has 1 aromatic carbocycles. The summed E-state index contributed by atoms with van der Waals surface area (Å²) in [5.41, 5.74) is 0. The third-order valence-corrected chi connectivity index (χ3v) is 5.05. The molecule has 0 saturated carbocycles. The number of rotatable bonds is 4. The van der Waals surface area contributed by atoms with Crippen LogP contribution in [-0.2, 0) is 14.8 Å². The second-order valence-electron chi connectivity index (χ2n) is 4.53. The Bertz CT molecular complexity index is 580. The van der Waals surface area contributed by atoms with Gasteiger partial charge in [0.05, 0.1) is 11.4 Å². The number of benzene rings is 1. The molecule has 1 heterocycles. The van der Waals surface area contributed by atoms with Crippen molar-refractivity contribution in [2.45, 2.75) is 4.90 Å². The maximum absolute atomic E-state index is 12.8. The first kappa shape index (κ1) is 14.9. The van der Waals surface area contributed by atoms with Gasteiger partial charge in [-0.1, -0.05) is 0 Å². The maximum Gasteiger partial charge on any atom is 0.317 e. The average molecular weight is 302 g/mol. The van der Waals surface area contributed by atoms with Gasteiger partial charge in [-0.05, 0) is 24.3 Å². The van der Waals surface area contributed by atoms with Gasteiger partial charge in [0.25, 0.3) is 0 Å². The van der Waals surface area contributed by atoms with Crippen LogP contribution < -0.4 is 0 Å². The van der Waals surface area contributed by atoms with Gasteiger partial charge in [0.2, 0.25) is 10.0 Å². The van der Waals surface area contributed by atoms with Crippen LogP contribution in [0.4, 0.5) is 4.39 Å². The Kier molecular flexibility index (Phi) is 4.36. The third kappa shape index (κ3) is 3.33. The van der Waals surface area contributed by atoms with Crippen molar-refractivity contribution in [2.75, 3.05) is 32.7 Å². The lowest BCUT2D eigenvalue weighted by molar-refractivity contribution is -0.138. The first-order chi connectivity index (χ1) is 9.39. The zero-order valence-electron chi connectivity index (χ0n) is 10.7. The number of aliphatic carboxylic acids is 1. The molecule has 0 aliphatic carbocycles. The van der Waals surface area contributed by atoms with Crippen molar-refractivity contribution in [2.24, 2.45) is 0 Å². The number of hydrogen-bond acceptors (Lipinski definition) is 4. The second kappa shape index (κ2) is 5.86. The van der Waals surface area contributed by atoms with Gasteiger partial charge in [-0.3, -0.25) is 9.69 Å². The molecular weight excluding hydrogens is 287 g/mol. The van der Waals surface area contributed by atoms with Gasteiger partial charge >= 0.3 is 5.97 Å². The fourth-order valence-corrected chi connectivity index (χ4v) is 3.50. The monoisotopic (exact) mass is 302 g/mol. The molecule has 1 aliphatic rings. The van der Waals surface area contributed by atoms with Gasteiger partial charge in [0.1, 0.15) is 5.82 Å². The lowest BCUT2D eigenvalue weighted by Crippen LogP contribution is -2.49. The Morgan fingerprint density at radius 2 is 1.70 bits per heavy atom. The summed E-state index contributed by atoms with van der Waals surface area (Å²) >= 11 is 0. The van der Waals surface area contributed by atoms with Crippen molar-refractivity contribution in [1.82, 2.24) is 9.21 Å². The van der Waals surface area contributed by atoms with Crippen LogP contribution in [0.3, 0.4) is 0 Å². The van der Waals surface area contributed by atoms with Crippen LogP contribution in [0.15, 0.2) is 29.2 Å². The molecule has 0 bridgehead atoms. The minimum Gasteiger partial charge on any atom is -0.480 e. The summed E-state index contributed by atoms with van der Waals surface area (Å²) in [5, 5.41) is 8.69. The van der Waals surface area contributed by atoms with Crippen molar-refractivity contribution in [3.63, 3.8) is 0 Å². The molecule has 6 nitrogen and oxygen atoms in total. The molecule has 1 aromatic rings. The molecule has 0 spiro atoms. The van der Waals surface area contributed by atoms with Crippen LogP contribution in [0.1, 0.15) is 0 Å². The molecule has 8 heteroatoms. The predicted octanol–water partition coefficient (Wildman–Crippen LogP) is 0.217. The molecule has 0 amide bonds. The number of carboxylic acids is 1. The number of piperazine rings is 1. The molecule has 0 radical (unpaired) electrons. The number of halogens is 1. The molecule has 1 N–H and O–H groups in total. The molecule has 2 rings (SSSR count). The Labute approximate surface area is 116 Å². The van der Waals surface area contributed by atoms with Crippen molar-refractivity contribution >= 4 is 16.0 Å². The van der Waals surface area contributed by atoms with E-state index in [9.17, 15) is 17.6 Å². The topological polar surface area (TPSA) is 77.9 Å². The van der Waals surface area contributed by atoms with Gasteiger partial charge in [0, 0.05) is 26.2 Å². The van der Waals surface area contributed by atoms with Gasteiger partial charge in [-0.25, -0.2) is 12.8 Å². The van der Waals surface area contributed by atoms with E-state index in [-0.39, 0.29) is 24.5 Å². The van der Waals surface area contributed by atoms with E-state index in [1.54, 1.807) is 4.90 Å². The summed E-state index contributed by atoms with van der Waals surface area (Å²) in [6.07, 6.45) is 0.